The van der Waals surface area contributed by atoms with Crippen LogP contribution in [0.25, 0.3) is 0 Å². The lowest BCUT2D eigenvalue weighted by molar-refractivity contribution is 0.284. The largest absolute Gasteiger partial charge is 0.396 e. The standard InChI is InChI=1S/C11H15BrO/c1-9-10(5-2-3-8-13)6-4-7-11(9)12/h4,6-7,13H,2-3,5,8H2,1H3. The maximum atomic E-state index is 8.66. The average Bonchev–Trinajstić information content (AvgIpc) is 2.13. The van der Waals surface area contributed by atoms with Gasteiger partial charge in [0.15, 0.2) is 0 Å². The van der Waals surface area contributed by atoms with Crippen molar-refractivity contribution in [1.82, 2.24) is 0 Å². The number of halogens is 1. The Labute approximate surface area is 87.9 Å². The van der Waals surface area contributed by atoms with E-state index in [1.54, 1.807) is 0 Å². The third-order valence-electron chi connectivity index (χ3n) is 2.23. The van der Waals surface area contributed by atoms with Crippen LogP contribution in [0.3, 0.4) is 0 Å². The Hall–Kier alpha value is -0.340. The van der Waals surface area contributed by atoms with Crippen molar-refractivity contribution in [3.63, 3.8) is 0 Å². The summed E-state index contributed by atoms with van der Waals surface area (Å²) in [6.07, 6.45) is 3.02. The normalized spacial score (nSPS) is 10.4. The first kappa shape index (κ1) is 10.7. The van der Waals surface area contributed by atoms with Crippen molar-refractivity contribution >= 4 is 15.9 Å². The third kappa shape index (κ3) is 3.12. The number of hydrogen-bond donors (Lipinski definition) is 1. The monoisotopic (exact) mass is 242 g/mol. The van der Waals surface area contributed by atoms with Crippen molar-refractivity contribution < 1.29 is 5.11 Å². The van der Waals surface area contributed by atoms with Crippen LogP contribution in [0, 0.1) is 6.92 Å². The number of unbranched alkanes of at least 4 members (excludes halogenated alkanes) is 1. The Morgan fingerprint density at radius 3 is 2.77 bits per heavy atom. The maximum absolute atomic E-state index is 8.66. The molecule has 0 heterocycles. The molecule has 2 heteroatoms. The molecule has 13 heavy (non-hydrogen) atoms. The van der Waals surface area contributed by atoms with Gasteiger partial charge in [0, 0.05) is 11.1 Å². The van der Waals surface area contributed by atoms with Crippen LogP contribution in [0.1, 0.15) is 24.0 Å². The van der Waals surface area contributed by atoms with E-state index in [1.165, 1.54) is 15.6 Å². The van der Waals surface area contributed by atoms with Crippen LogP contribution >= 0.6 is 15.9 Å². The molecule has 0 radical (unpaired) electrons. The molecule has 0 saturated carbocycles. The molecule has 1 nitrogen and oxygen atoms in total. The highest BCUT2D eigenvalue weighted by molar-refractivity contribution is 9.10. The smallest absolute Gasteiger partial charge is 0.0431 e. The van der Waals surface area contributed by atoms with Crippen molar-refractivity contribution in [2.75, 3.05) is 6.61 Å². The minimum absolute atomic E-state index is 0.299. The number of aliphatic hydroxyl groups is 1. The lowest BCUT2D eigenvalue weighted by Crippen LogP contribution is -1.92. The summed E-state index contributed by atoms with van der Waals surface area (Å²) in [4.78, 5) is 0. The zero-order valence-electron chi connectivity index (χ0n) is 7.89. The second kappa shape index (κ2) is 5.40. The molecule has 72 valence electrons. The van der Waals surface area contributed by atoms with Gasteiger partial charge in [-0.15, -0.1) is 0 Å². The number of benzene rings is 1. The van der Waals surface area contributed by atoms with Gasteiger partial charge in [-0.3, -0.25) is 0 Å². The Balaban J connectivity index is 2.61. The minimum atomic E-state index is 0.299. The molecule has 1 aromatic rings. The highest BCUT2D eigenvalue weighted by Gasteiger charge is 2.00. The summed E-state index contributed by atoms with van der Waals surface area (Å²) < 4.78 is 1.17. The molecule has 0 amide bonds. The van der Waals surface area contributed by atoms with E-state index in [1.807, 2.05) is 0 Å². The van der Waals surface area contributed by atoms with E-state index < -0.39 is 0 Å². The summed E-state index contributed by atoms with van der Waals surface area (Å²) in [5.41, 5.74) is 2.70. The van der Waals surface area contributed by atoms with Gasteiger partial charge >= 0.3 is 0 Å². The fourth-order valence-electron chi connectivity index (χ4n) is 1.35. The molecular weight excluding hydrogens is 228 g/mol. The minimum Gasteiger partial charge on any atom is -0.396 e. The van der Waals surface area contributed by atoms with E-state index in [2.05, 4.69) is 41.1 Å². The molecule has 1 rings (SSSR count). The van der Waals surface area contributed by atoms with Crippen molar-refractivity contribution in [2.45, 2.75) is 26.2 Å². The summed E-state index contributed by atoms with van der Waals surface area (Å²) in [6, 6.07) is 6.27. The lowest BCUT2D eigenvalue weighted by atomic mass is 10.0. The zero-order chi connectivity index (χ0) is 9.68. The van der Waals surface area contributed by atoms with E-state index in [0.29, 0.717) is 6.61 Å². The van der Waals surface area contributed by atoms with Crippen LogP contribution in [0.5, 0.6) is 0 Å². The number of hydrogen-bond acceptors (Lipinski definition) is 1. The molecule has 0 saturated heterocycles. The molecule has 0 aliphatic heterocycles. The Morgan fingerprint density at radius 1 is 1.31 bits per heavy atom. The van der Waals surface area contributed by atoms with E-state index in [9.17, 15) is 0 Å². The first-order valence-corrected chi connectivity index (χ1v) is 5.40. The predicted molar refractivity (Wildman–Crippen MR) is 58.9 cm³/mol. The first-order valence-electron chi connectivity index (χ1n) is 4.60. The Morgan fingerprint density at radius 2 is 2.08 bits per heavy atom. The summed E-state index contributed by atoms with van der Waals surface area (Å²) in [7, 11) is 0. The van der Waals surface area contributed by atoms with Crippen LogP contribution in [-0.4, -0.2) is 11.7 Å². The van der Waals surface area contributed by atoms with Gasteiger partial charge in [-0.2, -0.15) is 0 Å². The highest BCUT2D eigenvalue weighted by atomic mass is 79.9. The Kier molecular flexibility index (Phi) is 4.46. The molecule has 0 aliphatic carbocycles. The van der Waals surface area contributed by atoms with Gasteiger partial charge < -0.3 is 5.11 Å². The quantitative estimate of drug-likeness (QED) is 0.806. The fourth-order valence-corrected chi connectivity index (χ4v) is 1.76. The van der Waals surface area contributed by atoms with Crippen LogP contribution < -0.4 is 0 Å². The molecule has 0 atom stereocenters. The SMILES string of the molecule is Cc1c(Br)cccc1CCCCO. The Bertz CT molecular complexity index is 271. The van der Waals surface area contributed by atoms with E-state index in [0.717, 1.165) is 19.3 Å². The van der Waals surface area contributed by atoms with Crippen molar-refractivity contribution in [3.05, 3.63) is 33.8 Å². The van der Waals surface area contributed by atoms with E-state index >= 15 is 0 Å². The number of aryl methyl sites for hydroxylation is 1. The zero-order valence-corrected chi connectivity index (χ0v) is 9.47. The predicted octanol–water partition coefficient (Wildman–Crippen LogP) is 3.07. The van der Waals surface area contributed by atoms with Crippen molar-refractivity contribution in [1.29, 1.82) is 0 Å². The summed E-state index contributed by atoms with van der Waals surface area (Å²) in [6.45, 7) is 2.42. The summed E-state index contributed by atoms with van der Waals surface area (Å²) in [5.74, 6) is 0. The van der Waals surface area contributed by atoms with E-state index in [-0.39, 0.29) is 0 Å². The molecule has 0 bridgehead atoms. The third-order valence-corrected chi connectivity index (χ3v) is 3.09. The van der Waals surface area contributed by atoms with Gasteiger partial charge in [0.1, 0.15) is 0 Å². The fraction of sp³-hybridized carbons (Fsp3) is 0.455. The second-order valence-corrected chi connectivity index (χ2v) is 4.06. The van der Waals surface area contributed by atoms with Crippen LogP contribution in [-0.2, 0) is 6.42 Å². The van der Waals surface area contributed by atoms with Crippen molar-refractivity contribution in [3.8, 4) is 0 Å². The first-order chi connectivity index (χ1) is 6.25. The molecule has 0 unspecified atom stereocenters. The van der Waals surface area contributed by atoms with Gasteiger partial charge in [-0.1, -0.05) is 28.1 Å². The van der Waals surface area contributed by atoms with E-state index in [4.69, 9.17) is 5.11 Å². The van der Waals surface area contributed by atoms with Gasteiger partial charge in [-0.05, 0) is 43.4 Å². The topological polar surface area (TPSA) is 20.2 Å². The molecule has 0 aromatic heterocycles. The van der Waals surface area contributed by atoms with Crippen molar-refractivity contribution in [2.24, 2.45) is 0 Å². The van der Waals surface area contributed by atoms with Crippen LogP contribution in [0.2, 0.25) is 0 Å². The molecule has 0 fully saturated rings. The lowest BCUT2D eigenvalue weighted by Gasteiger charge is -2.06. The van der Waals surface area contributed by atoms with Crippen LogP contribution in [0.15, 0.2) is 22.7 Å². The summed E-state index contributed by atoms with van der Waals surface area (Å²) >= 11 is 3.51. The average molecular weight is 243 g/mol. The maximum Gasteiger partial charge on any atom is 0.0431 e. The molecule has 0 spiro atoms. The number of aliphatic hydroxyl groups excluding tert-OH is 1. The van der Waals surface area contributed by atoms with Gasteiger partial charge in [0.25, 0.3) is 0 Å². The molecule has 1 N–H and O–H groups in total. The highest BCUT2D eigenvalue weighted by Crippen LogP contribution is 2.20. The summed E-state index contributed by atoms with van der Waals surface area (Å²) in [5, 5.41) is 8.66. The second-order valence-electron chi connectivity index (χ2n) is 3.20. The van der Waals surface area contributed by atoms with Gasteiger partial charge in [-0.25, -0.2) is 0 Å². The molecule has 1 aromatic carbocycles. The molecule has 0 aliphatic rings. The van der Waals surface area contributed by atoms with Gasteiger partial charge in [0.2, 0.25) is 0 Å². The number of rotatable bonds is 4. The van der Waals surface area contributed by atoms with Crippen LogP contribution in [0.4, 0.5) is 0 Å². The van der Waals surface area contributed by atoms with Gasteiger partial charge in [0.05, 0.1) is 0 Å². The molecular formula is C11H15BrO.